The van der Waals surface area contributed by atoms with Gasteiger partial charge in [-0.3, -0.25) is 0 Å². The van der Waals surface area contributed by atoms with Crippen LogP contribution < -0.4 is 0 Å². The van der Waals surface area contributed by atoms with Gasteiger partial charge in [0.05, 0.1) is 0 Å². The van der Waals surface area contributed by atoms with Crippen LogP contribution in [0.15, 0.2) is 0 Å². The fourth-order valence-corrected chi connectivity index (χ4v) is 0. The van der Waals surface area contributed by atoms with Crippen molar-refractivity contribution in [2.45, 2.75) is 0 Å². The van der Waals surface area contributed by atoms with Crippen LogP contribution >= 0.6 is 0 Å². The average molecular weight is 206 g/mol. The maximum atomic E-state index is 8.50. The molecule has 7 heteroatoms. The molecular weight excluding hydrogens is 202 g/mol. The van der Waals surface area contributed by atoms with Crippen molar-refractivity contribution < 1.29 is 53.0 Å². The molecule has 0 atom stereocenters. The van der Waals surface area contributed by atoms with Gasteiger partial charge in [0.15, 0.2) is 0 Å². The Bertz CT molecular complexity index is 41.0. The van der Waals surface area contributed by atoms with Crippen LogP contribution in [0.4, 0.5) is 0 Å². The first-order chi connectivity index (χ1) is 2.41. The molecule has 0 bridgehead atoms. The van der Waals surface area contributed by atoms with Gasteiger partial charge in [-0.1, -0.05) is 0 Å². The first-order valence-corrected chi connectivity index (χ1v) is 3.18. The Hall–Kier alpha value is 1.46. The second-order valence-electron chi connectivity index (χ2n) is 0.0833. The van der Waals surface area contributed by atoms with Gasteiger partial charge >= 0.3 is 70.6 Å². The van der Waals surface area contributed by atoms with Gasteiger partial charge < -0.3 is 5.48 Å². The van der Waals surface area contributed by atoms with Crippen molar-refractivity contribution in [1.82, 2.24) is 0 Å². The van der Waals surface area contributed by atoms with Gasteiger partial charge in [-0.15, -0.1) is 0 Å². The fourth-order valence-electron chi connectivity index (χ4n) is 0. The Labute approximate surface area is 75.4 Å². The molecule has 0 aromatic heterocycles. The molecule has 4 nitrogen and oxygen atoms in total. The molecule has 2 N–H and O–H groups in total. The molecule has 36 valence electrons. The molecule has 0 aromatic rings. The van der Waals surface area contributed by atoms with Crippen LogP contribution in [0.25, 0.3) is 0 Å². The van der Waals surface area contributed by atoms with Crippen molar-refractivity contribution in [2.24, 2.45) is 0 Å². The van der Waals surface area contributed by atoms with Crippen LogP contribution in [-0.2, 0) is 47.6 Å². The predicted molar refractivity (Wildman–Crippen MR) is 14.2 cm³/mol. The van der Waals surface area contributed by atoms with Gasteiger partial charge in [-0.05, 0) is 0 Å². The molecule has 0 saturated heterocycles. The van der Waals surface area contributed by atoms with Crippen LogP contribution in [0.1, 0.15) is 0 Å². The molecule has 0 spiro atoms. The molecule has 0 aliphatic heterocycles. The van der Waals surface area contributed by atoms with E-state index in [0.717, 1.165) is 0 Å². The second-order valence-corrected chi connectivity index (χ2v) is 0.344. The van der Waals surface area contributed by atoms with Crippen LogP contribution in [0.5, 0.6) is 0 Å². The SMILES string of the molecule is O.[MgH2].[O]=[Ti]=[O].[O]=[Zn]. The standard InChI is InChI=1S/Mg.H2O.3O.Ti.Zn.2H/h;1H2;;;;;;;. The Morgan fingerprint density at radius 1 is 1.14 bits per heavy atom. The Balaban J connectivity index is -0.0000000105. The Morgan fingerprint density at radius 3 is 1.14 bits per heavy atom. The van der Waals surface area contributed by atoms with E-state index in [9.17, 15) is 0 Å². The van der Waals surface area contributed by atoms with E-state index in [1.807, 2.05) is 0 Å². The minimum atomic E-state index is -2.00. The van der Waals surface area contributed by atoms with E-state index >= 15 is 0 Å². The molecule has 0 aliphatic rings. The van der Waals surface area contributed by atoms with Gasteiger partial charge in [0.25, 0.3) is 0 Å². The fraction of sp³-hybridized carbons (Fsp3) is 0. The quantitative estimate of drug-likeness (QED) is 0.425. The summed E-state index contributed by atoms with van der Waals surface area (Å²) in [7, 11) is 0. The Kier molecular flexibility index (Phi) is 174. The van der Waals surface area contributed by atoms with E-state index in [4.69, 9.17) is 10.2 Å². The van der Waals surface area contributed by atoms with Crippen LogP contribution in [-0.4, -0.2) is 28.5 Å². The summed E-state index contributed by atoms with van der Waals surface area (Å²) in [5.74, 6) is 0. The zero-order valence-corrected chi connectivity index (χ0v) is 7.46. The molecule has 0 aliphatic carbocycles. The van der Waals surface area contributed by atoms with E-state index < -0.39 is 19.1 Å². The number of hydrogen-bond acceptors (Lipinski definition) is 3. The summed E-state index contributed by atoms with van der Waals surface area (Å²) < 4.78 is 25.4. The molecule has 0 unspecified atom stereocenters. The van der Waals surface area contributed by atoms with Gasteiger partial charge in [0.2, 0.25) is 0 Å². The molecule has 0 amide bonds. The third kappa shape index (κ3) is 104. The first-order valence-electron chi connectivity index (χ1n) is 0.697. The van der Waals surface area contributed by atoms with Crippen molar-refractivity contribution in [2.75, 3.05) is 0 Å². The zero-order valence-electron chi connectivity index (χ0n) is 2.93. The summed E-state index contributed by atoms with van der Waals surface area (Å²) in [5.41, 5.74) is 0. The number of hydrogen-bond donors (Lipinski definition) is 0. The summed E-state index contributed by atoms with van der Waals surface area (Å²) in [4.78, 5) is 0. The van der Waals surface area contributed by atoms with Crippen molar-refractivity contribution in [3.63, 3.8) is 0 Å². The molecule has 7 heavy (non-hydrogen) atoms. The molecular formula is H4MgO4TiZn. The molecule has 0 heterocycles. The van der Waals surface area contributed by atoms with E-state index in [2.05, 4.69) is 0 Å². The molecule has 0 rings (SSSR count). The number of rotatable bonds is 0. The van der Waals surface area contributed by atoms with Gasteiger partial charge in [-0.2, -0.15) is 0 Å². The molecule has 0 saturated carbocycles. The molecule has 0 fully saturated rings. The summed E-state index contributed by atoms with van der Waals surface area (Å²) in [6.45, 7) is 0. The average Bonchev–Trinajstić information content (AvgIpc) is 1.46. The molecule has 0 radical (unpaired) electrons. The van der Waals surface area contributed by atoms with E-state index in [1.165, 1.54) is 0 Å². The summed E-state index contributed by atoms with van der Waals surface area (Å²) in [6.07, 6.45) is 0. The topological polar surface area (TPSA) is 82.7 Å². The zero-order chi connectivity index (χ0) is 4.71. The van der Waals surface area contributed by atoms with Crippen molar-refractivity contribution in [3.05, 3.63) is 0 Å². The van der Waals surface area contributed by atoms with Crippen molar-refractivity contribution >= 4 is 23.1 Å². The van der Waals surface area contributed by atoms with Gasteiger partial charge in [0.1, 0.15) is 0 Å². The van der Waals surface area contributed by atoms with E-state index in [-0.39, 0.29) is 46.8 Å². The van der Waals surface area contributed by atoms with Crippen LogP contribution in [0.3, 0.4) is 0 Å². The monoisotopic (exact) mass is 204 g/mol. The first kappa shape index (κ1) is 23.7. The Morgan fingerprint density at radius 2 is 1.14 bits per heavy atom. The summed E-state index contributed by atoms with van der Waals surface area (Å²) >= 11 is -1.88. The van der Waals surface area contributed by atoms with E-state index in [1.54, 1.807) is 0 Å². The summed E-state index contributed by atoms with van der Waals surface area (Å²) in [6, 6.07) is 0. The second kappa shape index (κ2) is 51.4. The minimum absolute atomic E-state index is 0. The van der Waals surface area contributed by atoms with Gasteiger partial charge in [0, 0.05) is 0 Å². The van der Waals surface area contributed by atoms with Crippen LogP contribution in [0.2, 0.25) is 0 Å². The maximum absolute atomic E-state index is 8.50. The third-order valence-corrected chi connectivity index (χ3v) is 0. The van der Waals surface area contributed by atoms with Gasteiger partial charge in [-0.25, -0.2) is 0 Å². The normalized spacial score (nSPS) is 2.00. The van der Waals surface area contributed by atoms with Crippen LogP contribution in [0, 0.1) is 0 Å². The van der Waals surface area contributed by atoms with Crippen molar-refractivity contribution in [3.8, 4) is 0 Å². The van der Waals surface area contributed by atoms with E-state index in [0.29, 0.717) is 0 Å². The third-order valence-electron chi connectivity index (χ3n) is 0. The molecule has 0 aromatic carbocycles. The summed E-state index contributed by atoms with van der Waals surface area (Å²) in [5, 5.41) is 0. The predicted octanol–water partition coefficient (Wildman–Crippen LogP) is -2.10. The van der Waals surface area contributed by atoms with Crippen molar-refractivity contribution in [1.29, 1.82) is 0 Å².